The lowest BCUT2D eigenvalue weighted by Gasteiger charge is -2.26. The van der Waals surface area contributed by atoms with Crippen LogP contribution in [0.25, 0.3) is 0 Å². The van der Waals surface area contributed by atoms with E-state index in [4.69, 9.17) is 4.74 Å². The quantitative estimate of drug-likeness (QED) is 0.863. The largest absolute Gasteiger partial charge is 0.481 e. The molecule has 0 aliphatic carbocycles. The SMILES string of the molecule is COCC(C)N1CC(C(=O)O)c2ccccc21. The summed E-state index contributed by atoms with van der Waals surface area (Å²) in [5.74, 6) is -1.19. The first-order chi connectivity index (χ1) is 8.15. The van der Waals surface area contributed by atoms with Gasteiger partial charge in [-0.05, 0) is 18.6 Å². The van der Waals surface area contributed by atoms with E-state index in [1.807, 2.05) is 31.2 Å². The number of benzene rings is 1. The van der Waals surface area contributed by atoms with Gasteiger partial charge in [0.1, 0.15) is 5.92 Å². The van der Waals surface area contributed by atoms with E-state index >= 15 is 0 Å². The number of fused-ring (bicyclic) bond motifs is 1. The van der Waals surface area contributed by atoms with Gasteiger partial charge in [0.15, 0.2) is 0 Å². The van der Waals surface area contributed by atoms with E-state index < -0.39 is 11.9 Å². The number of nitrogens with zero attached hydrogens (tertiary/aromatic N) is 1. The molecule has 0 aromatic heterocycles. The molecule has 1 aliphatic heterocycles. The maximum absolute atomic E-state index is 11.2. The van der Waals surface area contributed by atoms with Gasteiger partial charge in [0, 0.05) is 25.4 Å². The minimum atomic E-state index is -0.760. The van der Waals surface area contributed by atoms with Crippen LogP contribution in [0.15, 0.2) is 24.3 Å². The van der Waals surface area contributed by atoms with E-state index in [9.17, 15) is 9.90 Å². The summed E-state index contributed by atoms with van der Waals surface area (Å²) in [6.07, 6.45) is 0. The van der Waals surface area contributed by atoms with Crippen molar-refractivity contribution in [2.75, 3.05) is 25.2 Å². The minimum Gasteiger partial charge on any atom is -0.481 e. The van der Waals surface area contributed by atoms with E-state index in [0.717, 1.165) is 11.3 Å². The summed E-state index contributed by atoms with van der Waals surface area (Å²) in [5, 5.41) is 9.23. The van der Waals surface area contributed by atoms with Crippen molar-refractivity contribution in [1.82, 2.24) is 0 Å². The Morgan fingerprint density at radius 3 is 2.94 bits per heavy atom. The molecule has 0 radical (unpaired) electrons. The molecule has 1 aromatic rings. The summed E-state index contributed by atoms with van der Waals surface area (Å²) in [7, 11) is 1.66. The second-order valence-electron chi connectivity index (χ2n) is 4.41. The first-order valence-corrected chi connectivity index (χ1v) is 5.72. The molecule has 17 heavy (non-hydrogen) atoms. The Labute approximate surface area is 101 Å². The van der Waals surface area contributed by atoms with Crippen molar-refractivity contribution in [3.05, 3.63) is 29.8 Å². The van der Waals surface area contributed by atoms with Gasteiger partial charge in [-0.1, -0.05) is 18.2 Å². The van der Waals surface area contributed by atoms with Crippen molar-refractivity contribution in [2.45, 2.75) is 18.9 Å². The number of anilines is 1. The van der Waals surface area contributed by atoms with Gasteiger partial charge in [0.05, 0.1) is 6.61 Å². The molecular formula is C13H17NO3. The molecule has 0 fully saturated rings. The minimum absolute atomic E-state index is 0.186. The molecule has 0 bridgehead atoms. The number of ether oxygens (including phenoxy) is 1. The van der Waals surface area contributed by atoms with Crippen LogP contribution in [0.2, 0.25) is 0 Å². The third-order valence-corrected chi connectivity index (χ3v) is 3.24. The molecule has 4 nitrogen and oxygen atoms in total. The Kier molecular flexibility index (Phi) is 3.33. The number of hydrogen-bond acceptors (Lipinski definition) is 3. The van der Waals surface area contributed by atoms with Gasteiger partial charge in [-0.2, -0.15) is 0 Å². The van der Waals surface area contributed by atoms with Gasteiger partial charge in [0.25, 0.3) is 0 Å². The van der Waals surface area contributed by atoms with Crippen LogP contribution in [-0.4, -0.2) is 37.4 Å². The molecular weight excluding hydrogens is 218 g/mol. The molecule has 2 rings (SSSR count). The van der Waals surface area contributed by atoms with Crippen molar-refractivity contribution in [2.24, 2.45) is 0 Å². The second-order valence-corrected chi connectivity index (χ2v) is 4.41. The number of rotatable bonds is 4. The van der Waals surface area contributed by atoms with Crippen LogP contribution < -0.4 is 4.90 Å². The first kappa shape index (κ1) is 11.9. The fourth-order valence-electron chi connectivity index (χ4n) is 2.40. The van der Waals surface area contributed by atoms with Crippen molar-refractivity contribution < 1.29 is 14.6 Å². The molecule has 92 valence electrons. The van der Waals surface area contributed by atoms with Crippen LogP contribution in [0.4, 0.5) is 5.69 Å². The molecule has 1 N–H and O–H groups in total. The van der Waals surface area contributed by atoms with E-state index in [1.54, 1.807) is 7.11 Å². The molecule has 2 atom stereocenters. The number of para-hydroxylation sites is 1. The fourth-order valence-corrected chi connectivity index (χ4v) is 2.40. The lowest BCUT2D eigenvalue weighted by atomic mass is 10.0. The summed E-state index contributed by atoms with van der Waals surface area (Å²) < 4.78 is 5.14. The maximum Gasteiger partial charge on any atom is 0.312 e. The second kappa shape index (κ2) is 4.75. The predicted octanol–water partition coefficient (Wildman–Crippen LogP) is 1.71. The zero-order chi connectivity index (χ0) is 12.4. The Balaban J connectivity index is 2.31. The average Bonchev–Trinajstić information content (AvgIpc) is 2.69. The summed E-state index contributed by atoms with van der Waals surface area (Å²) >= 11 is 0. The topological polar surface area (TPSA) is 49.8 Å². The normalized spacial score (nSPS) is 20.1. The molecule has 4 heteroatoms. The number of carboxylic acid groups (broad SMARTS) is 1. The van der Waals surface area contributed by atoms with Gasteiger partial charge in [-0.3, -0.25) is 4.79 Å². The Morgan fingerprint density at radius 1 is 1.59 bits per heavy atom. The van der Waals surface area contributed by atoms with Gasteiger partial charge < -0.3 is 14.7 Å². The Bertz CT molecular complexity index is 419. The number of hydrogen-bond donors (Lipinski definition) is 1. The number of aliphatic carboxylic acids is 1. The highest BCUT2D eigenvalue weighted by atomic mass is 16.5. The van der Waals surface area contributed by atoms with Crippen LogP contribution in [0.5, 0.6) is 0 Å². The summed E-state index contributed by atoms with van der Waals surface area (Å²) in [4.78, 5) is 13.3. The van der Waals surface area contributed by atoms with Crippen LogP contribution in [0.1, 0.15) is 18.4 Å². The van der Waals surface area contributed by atoms with E-state index in [-0.39, 0.29) is 6.04 Å². The zero-order valence-electron chi connectivity index (χ0n) is 10.1. The third-order valence-electron chi connectivity index (χ3n) is 3.24. The van der Waals surface area contributed by atoms with Crippen LogP contribution in [-0.2, 0) is 9.53 Å². The van der Waals surface area contributed by atoms with Gasteiger partial charge in [-0.25, -0.2) is 0 Å². The molecule has 0 saturated heterocycles. The van der Waals surface area contributed by atoms with Crippen molar-refractivity contribution >= 4 is 11.7 Å². The lowest BCUT2D eigenvalue weighted by molar-refractivity contribution is -0.138. The standard InChI is InChI=1S/C13H17NO3/c1-9(8-17-2)14-7-11(13(15)16)10-5-3-4-6-12(10)14/h3-6,9,11H,7-8H2,1-2H3,(H,15,16). The molecule has 1 heterocycles. The van der Waals surface area contributed by atoms with E-state index in [2.05, 4.69) is 4.90 Å². The summed E-state index contributed by atoms with van der Waals surface area (Å²) in [5.41, 5.74) is 1.92. The van der Waals surface area contributed by atoms with Crippen molar-refractivity contribution in [3.63, 3.8) is 0 Å². The van der Waals surface area contributed by atoms with Crippen molar-refractivity contribution in [3.8, 4) is 0 Å². The van der Waals surface area contributed by atoms with Gasteiger partial charge in [0.2, 0.25) is 0 Å². The number of carboxylic acids is 1. The number of carbonyl (C=O) groups is 1. The van der Waals surface area contributed by atoms with Crippen LogP contribution in [0.3, 0.4) is 0 Å². The van der Waals surface area contributed by atoms with Crippen LogP contribution in [0, 0.1) is 0 Å². The molecule has 1 aromatic carbocycles. The summed E-state index contributed by atoms with van der Waals surface area (Å²) in [6.45, 7) is 3.17. The maximum atomic E-state index is 11.2. The van der Waals surface area contributed by atoms with E-state index in [1.165, 1.54) is 0 Å². The van der Waals surface area contributed by atoms with Gasteiger partial charge >= 0.3 is 5.97 Å². The Hall–Kier alpha value is -1.55. The number of methoxy groups -OCH3 is 1. The molecule has 0 amide bonds. The van der Waals surface area contributed by atoms with Crippen molar-refractivity contribution in [1.29, 1.82) is 0 Å². The monoisotopic (exact) mass is 235 g/mol. The smallest absolute Gasteiger partial charge is 0.312 e. The molecule has 0 saturated carbocycles. The summed E-state index contributed by atoms with van der Waals surface area (Å²) in [6, 6.07) is 7.89. The predicted molar refractivity (Wildman–Crippen MR) is 65.5 cm³/mol. The molecule has 1 aliphatic rings. The Morgan fingerprint density at radius 2 is 2.29 bits per heavy atom. The van der Waals surface area contributed by atoms with Crippen LogP contribution >= 0.6 is 0 Å². The fraction of sp³-hybridized carbons (Fsp3) is 0.462. The first-order valence-electron chi connectivity index (χ1n) is 5.72. The highest BCUT2D eigenvalue weighted by Gasteiger charge is 2.35. The van der Waals surface area contributed by atoms with E-state index in [0.29, 0.717) is 13.2 Å². The third kappa shape index (κ3) is 2.13. The lowest BCUT2D eigenvalue weighted by Crippen LogP contribution is -2.36. The highest BCUT2D eigenvalue weighted by Crippen LogP contribution is 2.37. The van der Waals surface area contributed by atoms with Gasteiger partial charge in [-0.15, -0.1) is 0 Å². The molecule has 2 unspecified atom stereocenters. The average molecular weight is 235 g/mol. The highest BCUT2D eigenvalue weighted by molar-refractivity contribution is 5.83. The molecule has 0 spiro atoms. The zero-order valence-corrected chi connectivity index (χ0v) is 10.1.